The summed E-state index contributed by atoms with van der Waals surface area (Å²) in [6.45, 7) is 9.52. The molecule has 0 saturated carbocycles. The van der Waals surface area contributed by atoms with Crippen LogP contribution >= 0.6 is 0 Å². The van der Waals surface area contributed by atoms with E-state index in [-0.39, 0.29) is 11.5 Å². The minimum absolute atomic E-state index is 0.0870. The molecule has 0 radical (unpaired) electrons. The van der Waals surface area contributed by atoms with Crippen molar-refractivity contribution in [2.24, 2.45) is 0 Å². The molecule has 0 aromatic heterocycles. The second-order valence-electron chi connectivity index (χ2n) is 9.82. The molecule has 192 valence electrons. The van der Waals surface area contributed by atoms with Crippen molar-refractivity contribution in [2.45, 2.75) is 82.1 Å². The zero-order valence-corrected chi connectivity index (χ0v) is 21.6. The van der Waals surface area contributed by atoms with E-state index in [4.69, 9.17) is 27.9 Å². The average Bonchev–Trinajstić information content (AvgIpc) is 3.31. The third-order valence-corrected chi connectivity index (χ3v) is 7.22. The molecule has 8 nitrogen and oxygen atoms in total. The first-order valence-corrected chi connectivity index (χ1v) is 13.1. The molecule has 9 heteroatoms. The third kappa shape index (κ3) is 6.68. The Balaban J connectivity index is 1.53. The normalized spacial score (nSPS) is 26.6. The summed E-state index contributed by atoms with van der Waals surface area (Å²) in [5.74, 6) is -1.73. The van der Waals surface area contributed by atoms with Gasteiger partial charge in [0.1, 0.15) is 24.4 Å². The first kappa shape index (κ1) is 26.2. The molecule has 2 aromatic carbocycles. The molecule has 4 unspecified atom stereocenters. The second-order valence-corrected chi connectivity index (χ2v) is 11.4. The Bertz CT molecular complexity index is 1080. The lowest BCUT2D eigenvalue weighted by Gasteiger charge is -2.31. The molecular formula is C26H34O8S. The van der Waals surface area contributed by atoms with Crippen molar-refractivity contribution in [1.29, 1.82) is 0 Å². The van der Waals surface area contributed by atoms with Crippen LogP contribution in [0.4, 0.5) is 0 Å². The lowest BCUT2D eigenvalue weighted by Crippen LogP contribution is -2.48. The van der Waals surface area contributed by atoms with Crippen molar-refractivity contribution in [3.8, 4) is 0 Å². The van der Waals surface area contributed by atoms with Crippen LogP contribution in [-0.2, 0) is 44.6 Å². The van der Waals surface area contributed by atoms with Gasteiger partial charge in [-0.2, -0.15) is 8.42 Å². The Labute approximate surface area is 207 Å². The summed E-state index contributed by atoms with van der Waals surface area (Å²) in [6.07, 6.45) is -2.38. The van der Waals surface area contributed by atoms with Crippen LogP contribution in [0.1, 0.15) is 38.8 Å². The first-order chi connectivity index (χ1) is 16.4. The Morgan fingerprint density at radius 3 is 2.26 bits per heavy atom. The zero-order valence-electron chi connectivity index (χ0n) is 20.8. The van der Waals surface area contributed by atoms with E-state index in [2.05, 4.69) is 0 Å². The van der Waals surface area contributed by atoms with Gasteiger partial charge >= 0.3 is 0 Å². The van der Waals surface area contributed by atoms with Gasteiger partial charge in [0.25, 0.3) is 10.1 Å². The second kappa shape index (κ2) is 10.3. The summed E-state index contributed by atoms with van der Waals surface area (Å²) in [7, 11) is -3.98. The van der Waals surface area contributed by atoms with Crippen molar-refractivity contribution >= 4 is 10.1 Å². The molecule has 0 N–H and O–H groups in total. The van der Waals surface area contributed by atoms with Gasteiger partial charge in [-0.25, -0.2) is 0 Å². The topological polar surface area (TPSA) is 89.5 Å². The number of ether oxygens (including phenoxy) is 5. The quantitative estimate of drug-likeness (QED) is 0.472. The minimum atomic E-state index is -3.98. The maximum Gasteiger partial charge on any atom is 0.297 e. The predicted molar refractivity (Wildman–Crippen MR) is 128 cm³/mol. The molecule has 0 aliphatic carbocycles. The van der Waals surface area contributed by atoms with Crippen molar-refractivity contribution in [2.75, 3.05) is 13.2 Å². The Kier molecular flexibility index (Phi) is 7.68. The van der Waals surface area contributed by atoms with Crippen LogP contribution < -0.4 is 0 Å². The lowest BCUT2D eigenvalue weighted by molar-refractivity contribution is -0.190. The third-order valence-electron chi connectivity index (χ3n) is 5.92. The smallest absolute Gasteiger partial charge is 0.297 e. The van der Waals surface area contributed by atoms with Crippen LogP contribution in [0, 0.1) is 6.92 Å². The predicted octanol–water partition coefficient (Wildman–Crippen LogP) is 3.96. The van der Waals surface area contributed by atoms with E-state index in [0.29, 0.717) is 13.2 Å². The number of benzene rings is 2. The molecule has 2 aliphatic heterocycles. The van der Waals surface area contributed by atoms with E-state index in [0.717, 1.165) is 11.1 Å². The molecule has 2 saturated heterocycles. The van der Waals surface area contributed by atoms with Gasteiger partial charge in [-0.3, -0.25) is 4.18 Å². The Morgan fingerprint density at radius 2 is 1.63 bits per heavy atom. The Morgan fingerprint density at radius 1 is 0.943 bits per heavy atom. The molecule has 0 spiro atoms. The van der Waals surface area contributed by atoms with Crippen LogP contribution in [0.2, 0.25) is 0 Å². The summed E-state index contributed by atoms with van der Waals surface area (Å²) < 4.78 is 61.5. The van der Waals surface area contributed by atoms with Crippen LogP contribution in [0.3, 0.4) is 0 Å². The molecule has 0 amide bonds. The molecule has 2 aliphatic rings. The number of hydrogen-bond donors (Lipinski definition) is 0. The number of rotatable bonds is 9. The highest BCUT2D eigenvalue weighted by atomic mass is 32.2. The monoisotopic (exact) mass is 506 g/mol. The van der Waals surface area contributed by atoms with Crippen molar-refractivity contribution < 1.29 is 36.3 Å². The lowest BCUT2D eigenvalue weighted by atomic mass is 10.0. The summed E-state index contributed by atoms with van der Waals surface area (Å²) >= 11 is 0. The largest absolute Gasteiger partial charge is 0.368 e. The van der Waals surface area contributed by atoms with Gasteiger partial charge < -0.3 is 23.7 Å². The van der Waals surface area contributed by atoms with Gasteiger partial charge in [-0.1, -0.05) is 48.0 Å². The fraction of sp³-hybridized carbons (Fsp3) is 0.538. The fourth-order valence-corrected chi connectivity index (χ4v) is 5.18. The van der Waals surface area contributed by atoms with Gasteiger partial charge in [-0.15, -0.1) is 0 Å². The van der Waals surface area contributed by atoms with Crippen LogP contribution in [0.15, 0.2) is 59.5 Å². The number of aryl methyl sites for hydroxylation is 1. The summed E-state index contributed by atoms with van der Waals surface area (Å²) in [4.78, 5) is 0.0870. The highest BCUT2D eigenvalue weighted by molar-refractivity contribution is 7.86. The molecule has 2 heterocycles. The standard InChI is InChI=1S/C26H34O8S/c1-18-11-13-20(14-12-18)35(27,28)31-17-22-24(34-26(4,5)33-22)23(21-16-30-25(2,3)32-21)29-15-19-9-7-6-8-10-19/h6-14,21-24H,15-17H2,1-5H3. The number of hydrogen-bond acceptors (Lipinski definition) is 8. The minimum Gasteiger partial charge on any atom is -0.368 e. The van der Waals surface area contributed by atoms with Gasteiger partial charge in [0, 0.05) is 0 Å². The van der Waals surface area contributed by atoms with Crippen LogP contribution in [0.25, 0.3) is 0 Å². The maximum absolute atomic E-state index is 12.8. The first-order valence-electron chi connectivity index (χ1n) is 11.7. The maximum atomic E-state index is 12.8. The summed E-state index contributed by atoms with van der Waals surface area (Å²) in [5.41, 5.74) is 1.95. The van der Waals surface area contributed by atoms with Gasteiger partial charge in [0.05, 0.1) is 24.7 Å². The van der Waals surface area contributed by atoms with E-state index in [9.17, 15) is 8.42 Å². The SMILES string of the molecule is Cc1ccc(S(=O)(=O)OCC2OC(C)(C)OC2C(OCc2ccccc2)C2COC(C)(C)O2)cc1. The fourth-order valence-electron chi connectivity index (χ4n) is 4.26. The summed E-state index contributed by atoms with van der Waals surface area (Å²) in [6, 6.07) is 16.3. The van der Waals surface area contributed by atoms with Gasteiger partial charge in [0.2, 0.25) is 0 Å². The molecule has 4 rings (SSSR count). The molecular weight excluding hydrogens is 472 g/mol. The van der Waals surface area contributed by atoms with E-state index >= 15 is 0 Å². The van der Waals surface area contributed by atoms with Crippen LogP contribution in [-0.4, -0.2) is 57.6 Å². The van der Waals surface area contributed by atoms with Crippen LogP contribution in [0.5, 0.6) is 0 Å². The van der Waals surface area contributed by atoms with E-state index in [1.54, 1.807) is 26.0 Å². The summed E-state index contributed by atoms with van der Waals surface area (Å²) in [5, 5.41) is 0. The molecule has 2 aromatic rings. The van der Waals surface area contributed by atoms with Crippen molar-refractivity contribution in [3.05, 3.63) is 65.7 Å². The van der Waals surface area contributed by atoms with E-state index in [1.165, 1.54) is 12.1 Å². The van der Waals surface area contributed by atoms with Gasteiger partial charge in [-0.05, 0) is 52.3 Å². The molecule has 2 fully saturated rings. The Hall–Kier alpha value is -1.85. The van der Waals surface area contributed by atoms with E-state index < -0.39 is 46.1 Å². The van der Waals surface area contributed by atoms with E-state index in [1.807, 2.05) is 51.1 Å². The highest BCUT2D eigenvalue weighted by Crippen LogP contribution is 2.36. The van der Waals surface area contributed by atoms with Gasteiger partial charge in [0.15, 0.2) is 11.6 Å². The molecule has 35 heavy (non-hydrogen) atoms. The highest BCUT2D eigenvalue weighted by Gasteiger charge is 2.51. The molecule has 4 atom stereocenters. The molecule has 0 bridgehead atoms. The zero-order chi connectivity index (χ0) is 25.3. The van der Waals surface area contributed by atoms with Crippen molar-refractivity contribution in [1.82, 2.24) is 0 Å². The van der Waals surface area contributed by atoms with Crippen molar-refractivity contribution in [3.63, 3.8) is 0 Å². The average molecular weight is 507 g/mol.